The van der Waals surface area contributed by atoms with E-state index in [0.29, 0.717) is 19.3 Å². The first kappa shape index (κ1) is 21.4. The Morgan fingerprint density at radius 1 is 1.05 bits per heavy atom. The zero-order chi connectivity index (χ0) is 16.8. The van der Waals surface area contributed by atoms with Crippen molar-refractivity contribution in [1.82, 2.24) is 0 Å². The number of hydrogen-bond donors (Lipinski definition) is 2. The molecule has 0 fully saturated rings. The van der Waals surface area contributed by atoms with Crippen molar-refractivity contribution in [3.05, 3.63) is 0 Å². The lowest BCUT2D eigenvalue weighted by atomic mass is 9.89. The Bertz CT molecular complexity index is 276. The summed E-state index contributed by atoms with van der Waals surface area (Å²) in [5, 5.41) is 20.5. The van der Waals surface area contributed by atoms with E-state index in [1.807, 2.05) is 0 Å². The predicted molar refractivity (Wildman–Crippen MR) is 89.7 cm³/mol. The van der Waals surface area contributed by atoms with Gasteiger partial charge in [-0.2, -0.15) is 0 Å². The Balaban J connectivity index is 3.69. The van der Waals surface area contributed by atoms with Crippen LogP contribution in [-0.2, 0) is 9.53 Å². The van der Waals surface area contributed by atoms with Gasteiger partial charge in [-0.05, 0) is 26.2 Å². The van der Waals surface area contributed by atoms with Crippen LogP contribution in [0.1, 0.15) is 90.9 Å². The molecule has 0 aromatic rings. The molecule has 2 N–H and O–H groups in total. The molecule has 0 radical (unpaired) electrons. The summed E-state index contributed by atoms with van der Waals surface area (Å²) in [6.45, 7) is 3.92. The van der Waals surface area contributed by atoms with Gasteiger partial charge in [0.2, 0.25) is 0 Å². The average Bonchev–Trinajstić information content (AvgIpc) is 2.49. The summed E-state index contributed by atoms with van der Waals surface area (Å²) in [6, 6.07) is 0. The van der Waals surface area contributed by atoms with E-state index in [4.69, 9.17) is 0 Å². The molecule has 2 unspecified atom stereocenters. The van der Waals surface area contributed by atoms with Gasteiger partial charge in [-0.3, -0.25) is 4.79 Å². The fourth-order valence-corrected chi connectivity index (χ4v) is 2.63. The standard InChI is InChI=1S/C18H36O4/c1-4-5-6-7-8-10-13-16(19)18(2,21)15-12-9-11-14-17(20)22-3/h16,19,21H,4-15H2,1-3H3. The van der Waals surface area contributed by atoms with Crippen LogP contribution >= 0.6 is 0 Å². The normalized spacial score (nSPS) is 15.3. The first-order valence-corrected chi connectivity index (χ1v) is 8.91. The van der Waals surface area contributed by atoms with Crippen molar-refractivity contribution in [2.45, 2.75) is 103 Å². The Labute approximate surface area is 136 Å². The Hall–Kier alpha value is -0.610. The second-order valence-electron chi connectivity index (χ2n) is 6.57. The van der Waals surface area contributed by atoms with Gasteiger partial charge in [-0.15, -0.1) is 0 Å². The highest BCUT2D eigenvalue weighted by Gasteiger charge is 2.28. The average molecular weight is 316 g/mol. The molecule has 132 valence electrons. The van der Waals surface area contributed by atoms with E-state index in [9.17, 15) is 15.0 Å². The fraction of sp³-hybridized carbons (Fsp3) is 0.944. The molecule has 0 aliphatic rings. The maximum atomic E-state index is 11.0. The third kappa shape index (κ3) is 11.0. The second-order valence-corrected chi connectivity index (χ2v) is 6.57. The van der Waals surface area contributed by atoms with Gasteiger partial charge in [-0.1, -0.05) is 58.3 Å². The summed E-state index contributed by atoms with van der Waals surface area (Å²) in [5.41, 5.74) is -1.02. The maximum Gasteiger partial charge on any atom is 0.305 e. The molecule has 0 bridgehead atoms. The van der Waals surface area contributed by atoms with Gasteiger partial charge in [0.1, 0.15) is 0 Å². The SMILES string of the molecule is CCCCCCCCC(O)C(C)(O)CCCCCC(=O)OC. The molecule has 0 saturated carbocycles. The lowest BCUT2D eigenvalue weighted by molar-refractivity contribution is -0.140. The van der Waals surface area contributed by atoms with E-state index >= 15 is 0 Å². The molecular weight excluding hydrogens is 280 g/mol. The molecule has 4 nitrogen and oxygen atoms in total. The van der Waals surface area contributed by atoms with Crippen LogP contribution in [0.25, 0.3) is 0 Å². The van der Waals surface area contributed by atoms with Gasteiger partial charge in [-0.25, -0.2) is 0 Å². The van der Waals surface area contributed by atoms with Crippen molar-refractivity contribution >= 4 is 5.97 Å². The molecule has 0 aromatic carbocycles. The number of hydrogen-bond acceptors (Lipinski definition) is 4. The highest BCUT2D eigenvalue weighted by Crippen LogP contribution is 2.23. The van der Waals surface area contributed by atoms with E-state index in [1.165, 1.54) is 32.8 Å². The van der Waals surface area contributed by atoms with Gasteiger partial charge in [0.15, 0.2) is 0 Å². The number of aliphatic hydroxyl groups is 2. The molecule has 0 aliphatic heterocycles. The smallest absolute Gasteiger partial charge is 0.305 e. The first-order chi connectivity index (χ1) is 10.4. The summed E-state index contributed by atoms with van der Waals surface area (Å²) in [5.74, 6) is -0.185. The molecule has 0 heterocycles. The summed E-state index contributed by atoms with van der Waals surface area (Å²) >= 11 is 0. The van der Waals surface area contributed by atoms with E-state index in [2.05, 4.69) is 11.7 Å². The van der Waals surface area contributed by atoms with Crippen LogP contribution < -0.4 is 0 Å². The van der Waals surface area contributed by atoms with E-state index < -0.39 is 11.7 Å². The van der Waals surface area contributed by atoms with E-state index in [-0.39, 0.29) is 5.97 Å². The number of rotatable bonds is 14. The number of carbonyl (C=O) groups is 1. The topological polar surface area (TPSA) is 66.8 Å². The van der Waals surface area contributed by atoms with E-state index in [0.717, 1.165) is 32.1 Å². The quantitative estimate of drug-likeness (QED) is 0.376. The summed E-state index contributed by atoms with van der Waals surface area (Å²) in [6.07, 6.45) is 10.6. The third-order valence-corrected chi connectivity index (χ3v) is 4.34. The molecule has 4 heteroatoms. The van der Waals surface area contributed by atoms with E-state index in [1.54, 1.807) is 6.92 Å². The van der Waals surface area contributed by atoms with Gasteiger partial charge in [0.25, 0.3) is 0 Å². The maximum absolute atomic E-state index is 11.0. The van der Waals surface area contributed by atoms with Crippen LogP contribution in [-0.4, -0.2) is 35.0 Å². The number of esters is 1. The van der Waals surface area contributed by atoms with Gasteiger partial charge >= 0.3 is 5.97 Å². The lowest BCUT2D eigenvalue weighted by Gasteiger charge is -2.29. The molecule has 22 heavy (non-hydrogen) atoms. The molecule has 2 atom stereocenters. The highest BCUT2D eigenvalue weighted by atomic mass is 16.5. The fourth-order valence-electron chi connectivity index (χ4n) is 2.63. The summed E-state index contributed by atoms with van der Waals surface area (Å²) in [4.78, 5) is 11.0. The number of methoxy groups -OCH3 is 1. The summed E-state index contributed by atoms with van der Waals surface area (Å²) < 4.78 is 4.59. The van der Waals surface area contributed by atoms with Crippen LogP contribution in [0.4, 0.5) is 0 Å². The van der Waals surface area contributed by atoms with Gasteiger partial charge < -0.3 is 14.9 Å². The predicted octanol–water partition coefficient (Wildman–Crippen LogP) is 3.97. The van der Waals surface area contributed by atoms with Gasteiger partial charge in [0, 0.05) is 6.42 Å². The Kier molecular flexibility index (Phi) is 12.5. The molecule has 0 spiro atoms. The minimum absolute atomic E-state index is 0.185. The lowest BCUT2D eigenvalue weighted by Crippen LogP contribution is -2.39. The van der Waals surface area contributed by atoms with Crippen LogP contribution in [0.15, 0.2) is 0 Å². The Morgan fingerprint density at radius 2 is 1.64 bits per heavy atom. The number of aliphatic hydroxyl groups excluding tert-OH is 1. The number of carbonyl (C=O) groups excluding carboxylic acids is 1. The zero-order valence-electron chi connectivity index (χ0n) is 14.8. The third-order valence-electron chi connectivity index (χ3n) is 4.34. The van der Waals surface area contributed by atoms with Crippen LogP contribution in [0.2, 0.25) is 0 Å². The molecular formula is C18H36O4. The molecule has 0 amide bonds. The molecule has 0 aliphatic carbocycles. The summed E-state index contributed by atoms with van der Waals surface area (Å²) in [7, 11) is 1.39. The Morgan fingerprint density at radius 3 is 2.27 bits per heavy atom. The van der Waals surface area contributed by atoms with Crippen molar-refractivity contribution in [1.29, 1.82) is 0 Å². The van der Waals surface area contributed by atoms with Crippen LogP contribution in [0.3, 0.4) is 0 Å². The highest BCUT2D eigenvalue weighted by molar-refractivity contribution is 5.68. The monoisotopic (exact) mass is 316 g/mol. The molecule has 0 saturated heterocycles. The first-order valence-electron chi connectivity index (χ1n) is 8.91. The van der Waals surface area contributed by atoms with Gasteiger partial charge in [0.05, 0.1) is 18.8 Å². The zero-order valence-corrected chi connectivity index (χ0v) is 14.8. The largest absolute Gasteiger partial charge is 0.469 e. The van der Waals surface area contributed by atoms with Crippen molar-refractivity contribution in [3.63, 3.8) is 0 Å². The van der Waals surface area contributed by atoms with Crippen molar-refractivity contribution in [2.24, 2.45) is 0 Å². The van der Waals surface area contributed by atoms with Crippen LogP contribution in [0, 0.1) is 0 Å². The minimum Gasteiger partial charge on any atom is -0.469 e. The van der Waals surface area contributed by atoms with Crippen molar-refractivity contribution < 1.29 is 19.7 Å². The second kappa shape index (κ2) is 12.9. The van der Waals surface area contributed by atoms with Crippen molar-refractivity contribution in [2.75, 3.05) is 7.11 Å². The molecule has 0 aromatic heterocycles. The minimum atomic E-state index is -1.02. The number of unbranched alkanes of at least 4 members (excludes halogenated alkanes) is 7. The molecule has 0 rings (SSSR count). The number of ether oxygens (including phenoxy) is 1. The van der Waals surface area contributed by atoms with Crippen molar-refractivity contribution in [3.8, 4) is 0 Å². The van der Waals surface area contributed by atoms with Crippen LogP contribution in [0.5, 0.6) is 0 Å².